The molecule has 0 radical (unpaired) electrons. The number of aromatic nitrogens is 1. The predicted octanol–water partition coefficient (Wildman–Crippen LogP) is 3.04. The number of oxazole rings is 1. The van der Waals surface area contributed by atoms with Crippen molar-refractivity contribution in [1.29, 1.82) is 0 Å². The third kappa shape index (κ3) is 2.81. The van der Waals surface area contributed by atoms with Gasteiger partial charge >= 0.3 is 0 Å². The summed E-state index contributed by atoms with van der Waals surface area (Å²) in [6, 6.07) is 14.1. The minimum atomic E-state index is 0.805. The lowest BCUT2D eigenvalue weighted by molar-refractivity contribution is 0.319. The number of nitrogens with two attached hydrogens (primary N) is 1. The smallest absolute Gasteiger partial charge is 0.181 e. The second kappa shape index (κ2) is 5.35. The minimum absolute atomic E-state index is 0.805. The number of hydrogen-bond donors (Lipinski definition) is 1. The van der Waals surface area contributed by atoms with E-state index in [1.54, 1.807) is 0 Å². The van der Waals surface area contributed by atoms with Crippen LogP contribution in [0.2, 0.25) is 0 Å². The maximum absolute atomic E-state index is 5.80. The lowest BCUT2D eigenvalue weighted by atomic mass is 10.1. The summed E-state index contributed by atoms with van der Waals surface area (Å²) in [6.45, 7) is 1.71. The molecule has 0 aliphatic carbocycles. The normalized spacial score (nSPS) is 11.3. The van der Waals surface area contributed by atoms with Crippen molar-refractivity contribution < 1.29 is 4.42 Å². The molecule has 0 bridgehead atoms. The molecule has 20 heavy (non-hydrogen) atoms. The highest BCUT2D eigenvalue weighted by atomic mass is 16.3. The number of fused-ring (bicyclic) bond motifs is 1. The molecule has 4 nitrogen and oxygen atoms in total. The van der Waals surface area contributed by atoms with Crippen molar-refractivity contribution in [2.75, 3.05) is 12.8 Å². The highest BCUT2D eigenvalue weighted by Crippen LogP contribution is 2.16. The van der Waals surface area contributed by atoms with E-state index in [2.05, 4.69) is 29.1 Å². The summed E-state index contributed by atoms with van der Waals surface area (Å²) < 4.78 is 5.33. The van der Waals surface area contributed by atoms with Crippen molar-refractivity contribution in [1.82, 2.24) is 9.88 Å². The molecule has 2 N–H and O–H groups in total. The fourth-order valence-corrected chi connectivity index (χ4v) is 2.37. The Labute approximate surface area is 117 Å². The Morgan fingerprint density at radius 1 is 1.10 bits per heavy atom. The van der Waals surface area contributed by atoms with E-state index >= 15 is 0 Å². The van der Waals surface area contributed by atoms with Gasteiger partial charge in [0.15, 0.2) is 12.0 Å². The first-order chi connectivity index (χ1) is 9.70. The van der Waals surface area contributed by atoms with Gasteiger partial charge in [-0.05, 0) is 42.4 Å². The SMILES string of the molecule is CN(Cc1cccc(N)c1)Cc1ccc2ncoc2c1. The zero-order valence-electron chi connectivity index (χ0n) is 11.4. The quantitative estimate of drug-likeness (QED) is 0.738. The number of anilines is 1. The van der Waals surface area contributed by atoms with Gasteiger partial charge in [0, 0.05) is 18.8 Å². The topological polar surface area (TPSA) is 55.3 Å². The third-order valence-corrected chi connectivity index (χ3v) is 3.25. The van der Waals surface area contributed by atoms with E-state index in [1.165, 1.54) is 17.5 Å². The monoisotopic (exact) mass is 267 g/mol. The van der Waals surface area contributed by atoms with Crippen LogP contribution in [0.15, 0.2) is 53.3 Å². The summed E-state index contributed by atoms with van der Waals surface area (Å²) >= 11 is 0. The molecule has 0 saturated heterocycles. The number of benzene rings is 2. The van der Waals surface area contributed by atoms with Crippen LogP contribution >= 0.6 is 0 Å². The Hall–Kier alpha value is -2.33. The van der Waals surface area contributed by atoms with Gasteiger partial charge in [0.25, 0.3) is 0 Å². The molecule has 0 aliphatic heterocycles. The summed E-state index contributed by atoms with van der Waals surface area (Å²) in [5.41, 5.74) is 10.8. The third-order valence-electron chi connectivity index (χ3n) is 3.25. The molecule has 3 aromatic rings. The van der Waals surface area contributed by atoms with E-state index in [0.29, 0.717) is 0 Å². The first-order valence-electron chi connectivity index (χ1n) is 6.56. The van der Waals surface area contributed by atoms with Gasteiger partial charge < -0.3 is 10.2 Å². The Morgan fingerprint density at radius 3 is 2.70 bits per heavy atom. The molecule has 0 fully saturated rings. The molecule has 102 valence electrons. The van der Waals surface area contributed by atoms with E-state index < -0.39 is 0 Å². The second-order valence-corrected chi connectivity index (χ2v) is 5.07. The van der Waals surface area contributed by atoms with Crippen molar-refractivity contribution in [3.05, 3.63) is 60.0 Å². The number of rotatable bonds is 4. The average Bonchev–Trinajstić information content (AvgIpc) is 2.86. The first-order valence-corrected chi connectivity index (χ1v) is 6.56. The number of nitrogen functional groups attached to an aromatic ring is 1. The molecular formula is C16H17N3O. The van der Waals surface area contributed by atoms with E-state index in [9.17, 15) is 0 Å². The standard InChI is InChI=1S/C16H17N3O/c1-19(9-12-3-2-4-14(17)7-12)10-13-5-6-15-16(8-13)20-11-18-15/h2-8,11H,9-10,17H2,1H3. The van der Waals surface area contributed by atoms with Crippen molar-refractivity contribution in [3.63, 3.8) is 0 Å². The van der Waals surface area contributed by atoms with Crippen LogP contribution in [0.1, 0.15) is 11.1 Å². The lowest BCUT2D eigenvalue weighted by Gasteiger charge is -2.17. The van der Waals surface area contributed by atoms with Crippen molar-refractivity contribution >= 4 is 16.8 Å². The van der Waals surface area contributed by atoms with E-state index in [0.717, 1.165) is 29.9 Å². The van der Waals surface area contributed by atoms with E-state index in [-0.39, 0.29) is 0 Å². The summed E-state index contributed by atoms with van der Waals surface area (Å²) in [5.74, 6) is 0. The summed E-state index contributed by atoms with van der Waals surface area (Å²) in [7, 11) is 2.09. The molecule has 0 saturated carbocycles. The molecular weight excluding hydrogens is 250 g/mol. The van der Waals surface area contributed by atoms with Crippen LogP contribution in [0.4, 0.5) is 5.69 Å². The average molecular weight is 267 g/mol. The van der Waals surface area contributed by atoms with Gasteiger partial charge in [-0.25, -0.2) is 4.98 Å². The molecule has 0 unspecified atom stereocenters. The fraction of sp³-hybridized carbons (Fsp3) is 0.188. The molecule has 0 aliphatic rings. The van der Waals surface area contributed by atoms with Gasteiger partial charge in [-0.15, -0.1) is 0 Å². The van der Waals surface area contributed by atoms with Crippen LogP contribution in [-0.4, -0.2) is 16.9 Å². The van der Waals surface area contributed by atoms with Crippen LogP contribution in [0.25, 0.3) is 11.1 Å². The highest BCUT2D eigenvalue weighted by Gasteiger charge is 2.05. The Morgan fingerprint density at radius 2 is 1.90 bits per heavy atom. The summed E-state index contributed by atoms with van der Waals surface area (Å²) in [6.07, 6.45) is 1.48. The first kappa shape index (κ1) is 12.7. The Balaban J connectivity index is 1.70. The van der Waals surface area contributed by atoms with E-state index in [1.807, 2.05) is 30.3 Å². The summed E-state index contributed by atoms with van der Waals surface area (Å²) in [4.78, 5) is 6.36. The van der Waals surface area contributed by atoms with Crippen LogP contribution in [0.3, 0.4) is 0 Å². The predicted molar refractivity (Wildman–Crippen MR) is 80.0 cm³/mol. The molecule has 4 heteroatoms. The van der Waals surface area contributed by atoms with Gasteiger partial charge in [-0.1, -0.05) is 18.2 Å². The Bertz CT molecular complexity index is 720. The molecule has 2 aromatic carbocycles. The zero-order valence-corrected chi connectivity index (χ0v) is 11.4. The van der Waals surface area contributed by atoms with Crippen molar-refractivity contribution in [3.8, 4) is 0 Å². The van der Waals surface area contributed by atoms with Crippen LogP contribution in [-0.2, 0) is 13.1 Å². The lowest BCUT2D eigenvalue weighted by Crippen LogP contribution is -2.17. The van der Waals surface area contributed by atoms with Gasteiger partial charge in [0.2, 0.25) is 0 Å². The van der Waals surface area contributed by atoms with Gasteiger partial charge in [-0.3, -0.25) is 4.90 Å². The largest absolute Gasteiger partial charge is 0.443 e. The molecule has 0 atom stereocenters. The maximum atomic E-state index is 5.80. The number of hydrogen-bond acceptors (Lipinski definition) is 4. The van der Waals surface area contributed by atoms with Crippen molar-refractivity contribution in [2.24, 2.45) is 0 Å². The van der Waals surface area contributed by atoms with Crippen LogP contribution < -0.4 is 5.73 Å². The minimum Gasteiger partial charge on any atom is -0.443 e. The molecule has 1 heterocycles. The Kier molecular flexibility index (Phi) is 3.39. The zero-order chi connectivity index (χ0) is 13.9. The fourth-order valence-electron chi connectivity index (χ4n) is 2.37. The van der Waals surface area contributed by atoms with Crippen LogP contribution in [0, 0.1) is 0 Å². The second-order valence-electron chi connectivity index (χ2n) is 5.07. The van der Waals surface area contributed by atoms with Crippen LogP contribution in [0.5, 0.6) is 0 Å². The molecule has 3 rings (SSSR count). The molecule has 1 aromatic heterocycles. The highest BCUT2D eigenvalue weighted by molar-refractivity contribution is 5.72. The maximum Gasteiger partial charge on any atom is 0.181 e. The summed E-state index contributed by atoms with van der Waals surface area (Å²) in [5, 5.41) is 0. The van der Waals surface area contributed by atoms with Crippen molar-refractivity contribution in [2.45, 2.75) is 13.1 Å². The molecule has 0 spiro atoms. The van der Waals surface area contributed by atoms with Gasteiger partial charge in [-0.2, -0.15) is 0 Å². The van der Waals surface area contributed by atoms with Gasteiger partial charge in [0.1, 0.15) is 5.52 Å². The molecule has 0 amide bonds. The van der Waals surface area contributed by atoms with Gasteiger partial charge in [0.05, 0.1) is 0 Å². The van der Waals surface area contributed by atoms with E-state index in [4.69, 9.17) is 10.2 Å². The number of nitrogens with zero attached hydrogens (tertiary/aromatic N) is 2.